The SMILES string of the molecule is O=C(NCCCCN1CCN(c2ccccc2)CC1)N1CCOCC1. The Morgan fingerprint density at radius 2 is 1.68 bits per heavy atom. The minimum absolute atomic E-state index is 0.0553. The topological polar surface area (TPSA) is 48.1 Å². The first-order valence-corrected chi connectivity index (χ1v) is 9.46. The number of carbonyl (C=O) groups excluding carboxylic acids is 1. The monoisotopic (exact) mass is 346 g/mol. The number of nitrogens with one attached hydrogen (secondary N) is 1. The van der Waals surface area contributed by atoms with Crippen LogP contribution in [-0.2, 0) is 4.74 Å². The number of ether oxygens (including phenoxy) is 1. The minimum Gasteiger partial charge on any atom is -0.378 e. The highest BCUT2D eigenvalue weighted by Gasteiger charge is 2.17. The molecule has 0 bridgehead atoms. The molecule has 3 rings (SSSR count). The number of anilines is 1. The zero-order valence-electron chi connectivity index (χ0n) is 15.0. The molecule has 1 N–H and O–H groups in total. The van der Waals surface area contributed by atoms with Crippen molar-refractivity contribution in [2.75, 3.05) is 70.5 Å². The molecule has 2 aliphatic heterocycles. The van der Waals surface area contributed by atoms with Crippen LogP contribution in [0.2, 0.25) is 0 Å². The molecule has 0 unspecified atom stereocenters. The van der Waals surface area contributed by atoms with E-state index in [1.54, 1.807) is 0 Å². The van der Waals surface area contributed by atoms with Crippen LogP contribution in [0.15, 0.2) is 30.3 Å². The largest absolute Gasteiger partial charge is 0.378 e. The van der Waals surface area contributed by atoms with Gasteiger partial charge in [-0.25, -0.2) is 4.79 Å². The predicted molar refractivity (Wildman–Crippen MR) is 100 cm³/mol. The molecule has 2 aliphatic rings. The lowest BCUT2D eigenvalue weighted by Crippen LogP contribution is -2.47. The summed E-state index contributed by atoms with van der Waals surface area (Å²) in [4.78, 5) is 18.8. The van der Waals surface area contributed by atoms with E-state index in [-0.39, 0.29) is 6.03 Å². The fraction of sp³-hybridized carbons (Fsp3) is 0.632. The molecule has 0 saturated carbocycles. The minimum atomic E-state index is 0.0553. The molecule has 2 saturated heterocycles. The van der Waals surface area contributed by atoms with Crippen LogP contribution >= 0.6 is 0 Å². The Balaban J connectivity index is 1.25. The van der Waals surface area contributed by atoms with E-state index in [2.05, 4.69) is 45.4 Å². The third kappa shape index (κ3) is 5.61. The Kier molecular flexibility index (Phi) is 6.94. The van der Waals surface area contributed by atoms with E-state index in [4.69, 9.17) is 4.74 Å². The van der Waals surface area contributed by atoms with Crippen LogP contribution in [-0.4, -0.2) is 81.4 Å². The van der Waals surface area contributed by atoms with Crippen molar-refractivity contribution in [1.29, 1.82) is 0 Å². The van der Waals surface area contributed by atoms with Gasteiger partial charge in [-0.2, -0.15) is 0 Å². The maximum Gasteiger partial charge on any atom is 0.317 e. The maximum absolute atomic E-state index is 12.0. The normalized spacial score (nSPS) is 19.0. The summed E-state index contributed by atoms with van der Waals surface area (Å²) in [5.41, 5.74) is 1.33. The fourth-order valence-electron chi connectivity index (χ4n) is 3.40. The fourth-order valence-corrected chi connectivity index (χ4v) is 3.40. The molecule has 6 heteroatoms. The number of carbonyl (C=O) groups is 1. The molecule has 25 heavy (non-hydrogen) atoms. The van der Waals surface area contributed by atoms with E-state index in [1.165, 1.54) is 5.69 Å². The molecule has 1 aromatic carbocycles. The van der Waals surface area contributed by atoms with Crippen molar-refractivity contribution >= 4 is 11.7 Å². The van der Waals surface area contributed by atoms with Crippen LogP contribution in [0.4, 0.5) is 10.5 Å². The number of amides is 2. The first kappa shape index (κ1) is 18.0. The number of rotatable bonds is 6. The molecule has 2 amide bonds. The van der Waals surface area contributed by atoms with Crippen LogP contribution < -0.4 is 10.2 Å². The molecular weight excluding hydrogens is 316 g/mol. The molecule has 138 valence electrons. The van der Waals surface area contributed by atoms with Crippen molar-refractivity contribution in [2.24, 2.45) is 0 Å². The third-order valence-corrected chi connectivity index (χ3v) is 4.97. The van der Waals surface area contributed by atoms with Gasteiger partial charge in [0, 0.05) is 51.5 Å². The van der Waals surface area contributed by atoms with Crippen LogP contribution in [0.5, 0.6) is 0 Å². The predicted octanol–water partition coefficient (Wildman–Crippen LogP) is 1.63. The number of nitrogens with zero attached hydrogens (tertiary/aromatic N) is 3. The summed E-state index contributed by atoms with van der Waals surface area (Å²) in [5.74, 6) is 0. The van der Waals surface area contributed by atoms with Gasteiger partial charge in [0.1, 0.15) is 0 Å². The third-order valence-electron chi connectivity index (χ3n) is 4.97. The highest BCUT2D eigenvalue weighted by Crippen LogP contribution is 2.15. The van der Waals surface area contributed by atoms with Crippen molar-refractivity contribution < 1.29 is 9.53 Å². The summed E-state index contributed by atoms with van der Waals surface area (Å²) in [5, 5.41) is 3.02. The molecule has 0 atom stereocenters. The second kappa shape index (κ2) is 9.63. The highest BCUT2D eigenvalue weighted by molar-refractivity contribution is 5.74. The van der Waals surface area contributed by atoms with E-state index in [0.29, 0.717) is 26.3 Å². The van der Waals surface area contributed by atoms with Crippen molar-refractivity contribution in [3.05, 3.63) is 30.3 Å². The molecular formula is C19H30N4O2. The first-order chi connectivity index (χ1) is 12.3. The second-order valence-electron chi connectivity index (χ2n) is 6.70. The van der Waals surface area contributed by atoms with E-state index < -0.39 is 0 Å². The standard InChI is InChI=1S/C19H30N4O2/c24-19(23-14-16-25-17-15-23)20-8-4-5-9-21-10-12-22(13-11-21)18-6-2-1-3-7-18/h1-3,6-7H,4-5,8-17H2,(H,20,24). The summed E-state index contributed by atoms with van der Waals surface area (Å²) in [6.07, 6.45) is 2.17. The zero-order valence-corrected chi connectivity index (χ0v) is 15.0. The van der Waals surface area contributed by atoms with Crippen molar-refractivity contribution in [2.45, 2.75) is 12.8 Å². The number of benzene rings is 1. The summed E-state index contributed by atoms with van der Waals surface area (Å²) in [6.45, 7) is 9.04. The van der Waals surface area contributed by atoms with Crippen molar-refractivity contribution in [3.63, 3.8) is 0 Å². The van der Waals surface area contributed by atoms with Gasteiger partial charge < -0.3 is 19.9 Å². The summed E-state index contributed by atoms with van der Waals surface area (Å²) in [6, 6.07) is 10.7. The van der Waals surface area contributed by atoms with Crippen molar-refractivity contribution in [3.8, 4) is 0 Å². The number of para-hydroxylation sites is 1. The molecule has 0 radical (unpaired) electrons. The van der Waals surface area contributed by atoms with E-state index in [0.717, 1.165) is 52.1 Å². The number of urea groups is 1. The Labute approximate surface area is 150 Å². The van der Waals surface area contributed by atoms with E-state index >= 15 is 0 Å². The molecule has 0 aromatic heterocycles. The lowest BCUT2D eigenvalue weighted by Gasteiger charge is -2.36. The van der Waals surface area contributed by atoms with Gasteiger partial charge in [0.25, 0.3) is 0 Å². The molecule has 2 heterocycles. The van der Waals surface area contributed by atoms with Gasteiger partial charge in [-0.1, -0.05) is 18.2 Å². The lowest BCUT2D eigenvalue weighted by atomic mass is 10.2. The Bertz CT molecular complexity index is 511. The quantitative estimate of drug-likeness (QED) is 0.796. The summed E-state index contributed by atoms with van der Waals surface area (Å²) in [7, 11) is 0. The number of morpholine rings is 1. The van der Waals surface area contributed by atoms with Gasteiger partial charge in [0.05, 0.1) is 13.2 Å². The van der Waals surface area contributed by atoms with Crippen molar-refractivity contribution in [1.82, 2.24) is 15.1 Å². The van der Waals surface area contributed by atoms with Gasteiger partial charge in [0.15, 0.2) is 0 Å². The van der Waals surface area contributed by atoms with Gasteiger partial charge in [-0.05, 0) is 31.5 Å². The van der Waals surface area contributed by atoms with Crippen LogP contribution in [0.3, 0.4) is 0 Å². The average Bonchev–Trinajstić information content (AvgIpc) is 2.69. The Morgan fingerprint density at radius 3 is 2.40 bits per heavy atom. The number of hydrogen-bond donors (Lipinski definition) is 1. The number of piperazine rings is 1. The van der Waals surface area contributed by atoms with E-state index in [9.17, 15) is 4.79 Å². The number of unbranched alkanes of at least 4 members (excludes halogenated alkanes) is 1. The molecule has 2 fully saturated rings. The Hall–Kier alpha value is -1.79. The second-order valence-corrected chi connectivity index (χ2v) is 6.70. The van der Waals surface area contributed by atoms with Gasteiger partial charge in [-0.3, -0.25) is 4.90 Å². The molecule has 0 aliphatic carbocycles. The lowest BCUT2D eigenvalue weighted by molar-refractivity contribution is 0.0532. The molecule has 6 nitrogen and oxygen atoms in total. The smallest absolute Gasteiger partial charge is 0.317 e. The Morgan fingerprint density at radius 1 is 0.960 bits per heavy atom. The highest BCUT2D eigenvalue weighted by atomic mass is 16.5. The zero-order chi connectivity index (χ0) is 17.3. The molecule has 0 spiro atoms. The summed E-state index contributed by atoms with van der Waals surface area (Å²) >= 11 is 0. The van der Waals surface area contributed by atoms with Gasteiger partial charge >= 0.3 is 6.03 Å². The van der Waals surface area contributed by atoms with Crippen LogP contribution in [0.25, 0.3) is 0 Å². The van der Waals surface area contributed by atoms with Gasteiger partial charge in [0.2, 0.25) is 0 Å². The van der Waals surface area contributed by atoms with Crippen LogP contribution in [0.1, 0.15) is 12.8 Å². The summed E-state index contributed by atoms with van der Waals surface area (Å²) < 4.78 is 5.27. The van der Waals surface area contributed by atoms with Gasteiger partial charge in [-0.15, -0.1) is 0 Å². The van der Waals surface area contributed by atoms with E-state index in [1.807, 2.05) is 4.90 Å². The number of hydrogen-bond acceptors (Lipinski definition) is 4. The maximum atomic E-state index is 12.0. The average molecular weight is 346 g/mol. The van der Waals surface area contributed by atoms with Crippen LogP contribution in [0, 0.1) is 0 Å². The molecule has 1 aromatic rings. The first-order valence-electron chi connectivity index (χ1n) is 9.46.